The molecule has 2 N–H and O–H groups in total. The summed E-state index contributed by atoms with van der Waals surface area (Å²) in [6.45, 7) is 4.26. The van der Waals surface area contributed by atoms with Crippen LogP contribution in [0.2, 0.25) is 0 Å². The lowest BCUT2D eigenvalue weighted by Gasteiger charge is -2.39. The molecule has 7 heteroatoms. The topological polar surface area (TPSA) is 90.0 Å². The Kier molecular flexibility index (Phi) is 4.46. The van der Waals surface area contributed by atoms with Crippen LogP contribution in [0.3, 0.4) is 0 Å². The summed E-state index contributed by atoms with van der Waals surface area (Å²) in [5.41, 5.74) is 0. The molecule has 2 saturated heterocycles. The maximum Gasteiger partial charge on any atom is 0.320 e. The van der Waals surface area contributed by atoms with Crippen molar-refractivity contribution >= 4 is 17.9 Å². The number of nitrogens with zero attached hydrogens (tertiary/aromatic N) is 2. The Bertz CT molecular complexity index is 404. The Morgan fingerprint density at radius 2 is 1.95 bits per heavy atom. The number of amides is 3. The van der Waals surface area contributed by atoms with Gasteiger partial charge in [-0.15, -0.1) is 0 Å². The summed E-state index contributed by atoms with van der Waals surface area (Å²) in [5.74, 6) is -0.840. The summed E-state index contributed by atoms with van der Waals surface area (Å²) in [6.07, 6.45) is 1.56. The number of piperidine rings is 1. The van der Waals surface area contributed by atoms with E-state index < -0.39 is 12.0 Å². The van der Waals surface area contributed by atoms with Gasteiger partial charge in [-0.1, -0.05) is 6.92 Å². The summed E-state index contributed by atoms with van der Waals surface area (Å²) < 4.78 is 0. The number of likely N-dealkylation sites (tertiary alicyclic amines) is 1. The fourth-order valence-electron chi connectivity index (χ4n) is 2.69. The lowest BCUT2D eigenvalue weighted by molar-refractivity contribution is -0.142. The minimum absolute atomic E-state index is 0.210. The number of carbonyl (C=O) groups is 3. The second-order valence-corrected chi connectivity index (χ2v) is 5.55. The number of carboxylic acids is 1. The third kappa shape index (κ3) is 3.20. The van der Waals surface area contributed by atoms with E-state index in [4.69, 9.17) is 5.11 Å². The van der Waals surface area contributed by atoms with Crippen molar-refractivity contribution < 1.29 is 19.5 Å². The highest BCUT2D eigenvalue weighted by molar-refractivity contribution is 5.91. The Hall–Kier alpha value is -1.79. The molecule has 1 unspecified atom stereocenters. The van der Waals surface area contributed by atoms with Crippen LogP contribution in [0.25, 0.3) is 0 Å². The molecule has 0 bridgehead atoms. The van der Waals surface area contributed by atoms with Crippen molar-refractivity contribution in [1.82, 2.24) is 15.1 Å². The summed E-state index contributed by atoms with van der Waals surface area (Å²) in [4.78, 5) is 38.3. The molecule has 112 valence electrons. The van der Waals surface area contributed by atoms with Gasteiger partial charge in [0.15, 0.2) is 0 Å². The highest BCUT2D eigenvalue weighted by atomic mass is 16.4. The third-order valence-electron chi connectivity index (χ3n) is 4.00. The maximum atomic E-state index is 12.5. The third-order valence-corrected chi connectivity index (χ3v) is 4.00. The molecule has 0 spiro atoms. The van der Waals surface area contributed by atoms with Crippen LogP contribution in [0.4, 0.5) is 4.79 Å². The van der Waals surface area contributed by atoms with Gasteiger partial charge in [0, 0.05) is 26.2 Å². The molecule has 1 atom stereocenters. The van der Waals surface area contributed by atoms with Crippen LogP contribution in [-0.4, -0.2) is 65.0 Å². The molecule has 7 nitrogen and oxygen atoms in total. The normalized spacial score (nSPS) is 24.4. The van der Waals surface area contributed by atoms with Gasteiger partial charge in [0.25, 0.3) is 0 Å². The number of nitrogens with one attached hydrogen (secondary N) is 1. The van der Waals surface area contributed by atoms with Gasteiger partial charge >= 0.3 is 12.0 Å². The molecule has 0 aromatic heterocycles. The molecule has 0 radical (unpaired) electrons. The summed E-state index contributed by atoms with van der Waals surface area (Å²) in [6, 6.07) is -1.11. The van der Waals surface area contributed by atoms with Gasteiger partial charge in [-0.25, -0.2) is 4.79 Å². The van der Waals surface area contributed by atoms with E-state index in [1.165, 1.54) is 4.90 Å². The number of rotatable bonds is 2. The second-order valence-electron chi connectivity index (χ2n) is 5.55. The van der Waals surface area contributed by atoms with E-state index >= 15 is 0 Å². The van der Waals surface area contributed by atoms with Crippen LogP contribution in [0.1, 0.15) is 26.2 Å². The predicted octanol–water partition coefficient (Wildman–Crippen LogP) is 0.113. The van der Waals surface area contributed by atoms with Gasteiger partial charge < -0.3 is 20.2 Å². The Balaban J connectivity index is 2.05. The average molecular weight is 283 g/mol. The fraction of sp³-hybridized carbons (Fsp3) is 0.769. The summed E-state index contributed by atoms with van der Waals surface area (Å²) >= 11 is 0. The monoisotopic (exact) mass is 283 g/mol. The highest BCUT2D eigenvalue weighted by Crippen LogP contribution is 2.19. The highest BCUT2D eigenvalue weighted by Gasteiger charge is 2.37. The first-order chi connectivity index (χ1) is 9.49. The summed E-state index contributed by atoms with van der Waals surface area (Å²) in [5, 5.41) is 11.5. The van der Waals surface area contributed by atoms with E-state index in [9.17, 15) is 14.4 Å². The van der Waals surface area contributed by atoms with Gasteiger partial charge in [0.2, 0.25) is 5.91 Å². The van der Waals surface area contributed by atoms with E-state index in [-0.39, 0.29) is 18.4 Å². The standard InChI is InChI=1S/C13H21N3O4/c1-9-2-5-15(6-3-9)13(20)16-7-4-14-12(19)10(16)8-11(17)18/h9-10H,2-8H2,1H3,(H,14,19)(H,17,18). The van der Waals surface area contributed by atoms with Crippen molar-refractivity contribution in [3.8, 4) is 0 Å². The van der Waals surface area contributed by atoms with Crippen molar-refractivity contribution in [3.05, 3.63) is 0 Å². The molecule has 2 fully saturated rings. The number of carboxylic acid groups (broad SMARTS) is 1. The van der Waals surface area contributed by atoms with E-state index in [1.807, 2.05) is 0 Å². The molecule has 3 amide bonds. The second kappa shape index (κ2) is 6.11. The first-order valence-electron chi connectivity index (χ1n) is 7.04. The molecule has 20 heavy (non-hydrogen) atoms. The van der Waals surface area contributed by atoms with Crippen molar-refractivity contribution in [3.63, 3.8) is 0 Å². The van der Waals surface area contributed by atoms with Gasteiger partial charge in [0.05, 0.1) is 6.42 Å². The van der Waals surface area contributed by atoms with Crippen LogP contribution in [0.15, 0.2) is 0 Å². The number of urea groups is 1. The Morgan fingerprint density at radius 1 is 1.30 bits per heavy atom. The van der Waals surface area contributed by atoms with Crippen LogP contribution < -0.4 is 5.32 Å². The van der Waals surface area contributed by atoms with Crippen LogP contribution >= 0.6 is 0 Å². The van der Waals surface area contributed by atoms with E-state index in [2.05, 4.69) is 12.2 Å². The molecule has 2 aliphatic rings. The molecular weight excluding hydrogens is 262 g/mol. The maximum absolute atomic E-state index is 12.5. The minimum atomic E-state index is -1.07. The Labute approximate surface area is 117 Å². The number of carbonyl (C=O) groups excluding carboxylic acids is 2. The van der Waals surface area contributed by atoms with Gasteiger partial charge in [0.1, 0.15) is 6.04 Å². The number of aliphatic carboxylic acids is 1. The first-order valence-corrected chi connectivity index (χ1v) is 7.04. The lowest BCUT2D eigenvalue weighted by atomic mass is 9.99. The average Bonchev–Trinajstić information content (AvgIpc) is 2.41. The quantitative estimate of drug-likeness (QED) is 0.753. The zero-order valence-electron chi connectivity index (χ0n) is 11.7. The first kappa shape index (κ1) is 14.6. The zero-order chi connectivity index (χ0) is 14.7. The molecule has 0 aliphatic carbocycles. The number of piperazine rings is 1. The van der Waals surface area contributed by atoms with E-state index in [1.54, 1.807) is 4.90 Å². The number of hydrogen-bond donors (Lipinski definition) is 2. The van der Waals surface area contributed by atoms with Crippen molar-refractivity contribution in [2.75, 3.05) is 26.2 Å². The van der Waals surface area contributed by atoms with E-state index in [0.29, 0.717) is 32.1 Å². The van der Waals surface area contributed by atoms with Gasteiger partial charge in [-0.3, -0.25) is 9.59 Å². The largest absolute Gasteiger partial charge is 0.481 e. The fourth-order valence-corrected chi connectivity index (χ4v) is 2.69. The SMILES string of the molecule is CC1CCN(C(=O)N2CCNC(=O)C2CC(=O)O)CC1. The minimum Gasteiger partial charge on any atom is -0.481 e. The van der Waals surface area contributed by atoms with E-state index in [0.717, 1.165) is 12.8 Å². The molecule has 0 saturated carbocycles. The molecule has 0 aromatic carbocycles. The molecule has 2 aliphatic heterocycles. The smallest absolute Gasteiger partial charge is 0.320 e. The zero-order valence-corrected chi connectivity index (χ0v) is 11.7. The molecule has 2 rings (SSSR count). The van der Waals surface area contributed by atoms with Crippen molar-refractivity contribution in [2.45, 2.75) is 32.2 Å². The molecule has 2 heterocycles. The van der Waals surface area contributed by atoms with Crippen molar-refractivity contribution in [1.29, 1.82) is 0 Å². The summed E-state index contributed by atoms with van der Waals surface area (Å²) in [7, 11) is 0. The van der Waals surface area contributed by atoms with Crippen LogP contribution in [-0.2, 0) is 9.59 Å². The van der Waals surface area contributed by atoms with Crippen LogP contribution in [0.5, 0.6) is 0 Å². The van der Waals surface area contributed by atoms with Crippen LogP contribution in [0, 0.1) is 5.92 Å². The Morgan fingerprint density at radius 3 is 2.55 bits per heavy atom. The van der Waals surface area contributed by atoms with Gasteiger partial charge in [-0.05, 0) is 18.8 Å². The predicted molar refractivity (Wildman–Crippen MR) is 71.1 cm³/mol. The number of hydrogen-bond acceptors (Lipinski definition) is 3. The van der Waals surface area contributed by atoms with Gasteiger partial charge in [-0.2, -0.15) is 0 Å². The van der Waals surface area contributed by atoms with Crippen molar-refractivity contribution in [2.24, 2.45) is 5.92 Å². The molecular formula is C13H21N3O4. The lowest BCUT2D eigenvalue weighted by Crippen LogP contribution is -2.61. The molecule has 0 aromatic rings.